The Balaban J connectivity index is 1.86. The minimum atomic E-state index is -0.0307. The molecule has 0 aliphatic heterocycles. The van der Waals surface area contributed by atoms with Crippen LogP contribution in [-0.2, 0) is 11.3 Å². The van der Waals surface area contributed by atoms with Crippen molar-refractivity contribution in [3.8, 4) is 0 Å². The van der Waals surface area contributed by atoms with Gasteiger partial charge in [0, 0.05) is 21.3 Å². The van der Waals surface area contributed by atoms with Crippen LogP contribution < -0.4 is 10.2 Å². The Bertz CT molecular complexity index is 614. The van der Waals surface area contributed by atoms with Crippen molar-refractivity contribution in [2.24, 2.45) is 0 Å². The summed E-state index contributed by atoms with van der Waals surface area (Å²) in [6, 6.07) is 14.7. The third-order valence-corrected chi connectivity index (χ3v) is 3.47. The molecule has 1 atom stereocenters. The number of halogens is 2. The van der Waals surface area contributed by atoms with Crippen LogP contribution in [-0.4, -0.2) is 19.5 Å². The Morgan fingerprint density at radius 3 is 2.48 bits per heavy atom. The minimum Gasteiger partial charge on any atom is -0.326 e. The first kappa shape index (κ1) is 15.8. The maximum atomic E-state index is 12.0. The summed E-state index contributed by atoms with van der Waals surface area (Å²) in [6.45, 7) is 1.13. The van der Waals surface area contributed by atoms with Gasteiger partial charge in [0.15, 0.2) is 6.54 Å². The van der Waals surface area contributed by atoms with Gasteiger partial charge in [0.25, 0.3) is 5.91 Å². The molecule has 0 fully saturated rings. The molecule has 0 saturated heterocycles. The molecule has 0 spiro atoms. The van der Waals surface area contributed by atoms with Gasteiger partial charge < -0.3 is 10.2 Å². The van der Waals surface area contributed by atoms with Gasteiger partial charge in [0.05, 0.1) is 7.05 Å². The summed E-state index contributed by atoms with van der Waals surface area (Å²) >= 11 is 11.8. The van der Waals surface area contributed by atoms with Crippen molar-refractivity contribution in [1.29, 1.82) is 0 Å². The molecule has 1 unspecified atom stereocenters. The first-order valence-corrected chi connectivity index (χ1v) is 7.39. The molecule has 110 valence electrons. The average molecular weight is 324 g/mol. The highest BCUT2D eigenvalue weighted by atomic mass is 35.5. The van der Waals surface area contributed by atoms with Crippen molar-refractivity contribution in [3.05, 3.63) is 64.1 Å². The molecule has 0 saturated carbocycles. The number of anilines is 1. The SMILES string of the molecule is C[NH+](CC(=O)Nc1ccc(Cl)cc1)Cc1cccc(Cl)c1. The van der Waals surface area contributed by atoms with E-state index in [1.54, 1.807) is 24.3 Å². The Kier molecular flexibility index (Phi) is 5.62. The predicted octanol–water partition coefficient (Wildman–Crippen LogP) is 2.65. The van der Waals surface area contributed by atoms with E-state index in [0.717, 1.165) is 22.7 Å². The second kappa shape index (κ2) is 7.46. The van der Waals surface area contributed by atoms with E-state index in [4.69, 9.17) is 23.2 Å². The van der Waals surface area contributed by atoms with Gasteiger partial charge in [-0.3, -0.25) is 4.79 Å². The average Bonchev–Trinajstić information content (AvgIpc) is 2.41. The first-order valence-electron chi connectivity index (χ1n) is 6.64. The summed E-state index contributed by atoms with van der Waals surface area (Å²) in [6.07, 6.45) is 0. The zero-order valence-corrected chi connectivity index (χ0v) is 13.2. The molecule has 2 rings (SSSR count). The van der Waals surface area contributed by atoms with Crippen LogP contribution >= 0.6 is 23.2 Å². The molecule has 2 aromatic carbocycles. The minimum absolute atomic E-state index is 0.0307. The number of carbonyl (C=O) groups is 1. The largest absolute Gasteiger partial charge is 0.326 e. The zero-order chi connectivity index (χ0) is 15.2. The second-order valence-electron chi connectivity index (χ2n) is 5.00. The Labute approximate surface area is 134 Å². The van der Waals surface area contributed by atoms with E-state index in [0.29, 0.717) is 16.6 Å². The smallest absolute Gasteiger partial charge is 0.279 e. The molecule has 5 heteroatoms. The normalized spacial score (nSPS) is 12.0. The van der Waals surface area contributed by atoms with Crippen LogP contribution in [0.2, 0.25) is 10.0 Å². The maximum absolute atomic E-state index is 12.0. The summed E-state index contributed by atoms with van der Waals surface area (Å²) in [5, 5.41) is 4.22. The van der Waals surface area contributed by atoms with E-state index >= 15 is 0 Å². The molecule has 1 amide bonds. The molecule has 21 heavy (non-hydrogen) atoms. The van der Waals surface area contributed by atoms with Gasteiger partial charge in [-0.2, -0.15) is 0 Å². The molecule has 0 bridgehead atoms. The summed E-state index contributed by atoms with van der Waals surface area (Å²) in [5.74, 6) is -0.0307. The third kappa shape index (κ3) is 5.38. The fourth-order valence-electron chi connectivity index (χ4n) is 2.07. The summed E-state index contributed by atoms with van der Waals surface area (Å²) in [5.41, 5.74) is 1.86. The molecule has 0 aliphatic rings. The number of nitrogens with one attached hydrogen (secondary N) is 2. The number of carbonyl (C=O) groups excluding carboxylic acids is 1. The van der Waals surface area contributed by atoms with Crippen LogP contribution in [0.4, 0.5) is 5.69 Å². The number of hydrogen-bond donors (Lipinski definition) is 2. The van der Waals surface area contributed by atoms with Crippen LogP contribution in [0, 0.1) is 0 Å². The Morgan fingerprint density at radius 1 is 1.10 bits per heavy atom. The second-order valence-corrected chi connectivity index (χ2v) is 5.87. The standard InChI is InChI=1S/C16H16Cl2N2O/c1-20(10-12-3-2-4-14(18)9-12)11-16(21)19-15-7-5-13(17)6-8-15/h2-9H,10-11H2,1H3,(H,19,21)/p+1. The lowest BCUT2D eigenvalue weighted by Crippen LogP contribution is -3.08. The van der Waals surface area contributed by atoms with E-state index in [9.17, 15) is 4.79 Å². The van der Waals surface area contributed by atoms with Crippen molar-refractivity contribution in [1.82, 2.24) is 0 Å². The summed E-state index contributed by atoms with van der Waals surface area (Å²) < 4.78 is 0. The molecule has 2 aromatic rings. The predicted molar refractivity (Wildman–Crippen MR) is 87.0 cm³/mol. The van der Waals surface area contributed by atoms with Crippen molar-refractivity contribution >= 4 is 34.8 Å². The van der Waals surface area contributed by atoms with Crippen LogP contribution in [0.3, 0.4) is 0 Å². The molecule has 3 nitrogen and oxygen atoms in total. The third-order valence-electron chi connectivity index (χ3n) is 2.99. The van der Waals surface area contributed by atoms with E-state index < -0.39 is 0 Å². The van der Waals surface area contributed by atoms with Crippen LogP contribution in [0.15, 0.2) is 48.5 Å². The number of rotatable bonds is 5. The lowest BCUT2D eigenvalue weighted by atomic mass is 10.2. The molecular formula is C16H17Cl2N2O+. The number of likely N-dealkylation sites (N-methyl/N-ethyl adjacent to an activating group) is 1. The number of benzene rings is 2. The molecule has 0 aliphatic carbocycles. The Morgan fingerprint density at radius 2 is 1.81 bits per heavy atom. The molecule has 0 heterocycles. The molecular weight excluding hydrogens is 307 g/mol. The van der Waals surface area contributed by atoms with Crippen molar-refractivity contribution in [3.63, 3.8) is 0 Å². The van der Waals surface area contributed by atoms with E-state index in [2.05, 4.69) is 5.32 Å². The lowest BCUT2D eigenvalue weighted by Gasteiger charge is -2.14. The van der Waals surface area contributed by atoms with Gasteiger partial charge in [0.2, 0.25) is 0 Å². The highest BCUT2D eigenvalue weighted by Crippen LogP contribution is 2.13. The Hall–Kier alpha value is -1.55. The van der Waals surface area contributed by atoms with Crippen molar-refractivity contribution in [2.75, 3.05) is 18.9 Å². The van der Waals surface area contributed by atoms with Gasteiger partial charge in [-0.25, -0.2) is 0 Å². The van der Waals surface area contributed by atoms with Gasteiger partial charge in [-0.05, 0) is 36.4 Å². The van der Waals surface area contributed by atoms with Crippen LogP contribution in [0.25, 0.3) is 0 Å². The highest BCUT2D eigenvalue weighted by molar-refractivity contribution is 6.30. The lowest BCUT2D eigenvalue weighted by molar-refractivity contribution is -0.885. The first-order chi connectivity index (χ1) is 10.0. The number of amides is 1. The van der Waals surface area contributed by atoms with E-state index in [1.165, 1.54) is 0 Å². The fourth-order valence-corrected chi connectivity index (χ4v) is 2.41. The fraction of sp³-hybridized carbons (Fsp3) is 0.188. The van der Waals surface area contributed by atoms with Gasteiger partial charge in [-0.1, -0.05) is 35.3 Å². The topological polar surface area (TPSA) is 33.5 Å². The highest BCUT2D eigenvalue weighted by Gasteiger charge is 2.11. The monoisotopic (exact) mass is 323 g/mol. The quantitative estimate of drug-likeness (QED) is 0.871. The molecule has 0 aromatic heterocycles. The van der Waals surface area contributed by atoms with Crippen molar-refractivity contribution < 1.29 is 9.69 Å². The zero-order valence-electron chi connectivity index (χ0n) is 11.7. The molecule has 2 N–H and O–H groups in total. The van der Waals surface area contributed by atoms with Crippen LogP contribution in [0.5, 0.6) is 0 Å². The number of hydrogen-bond acceptors (Lipinski definition) is 1. The number of quaternary nitrogens is 1. The van der Waals surface area contributed by atoms with Gasteiger partial charge in [0.1, 0.15) is 6.54 Å². The van der Waals surface area contributed by atoms with Crippen LogP contribution in [0.1, 0.15) is 5.56 Å². The molecule has 0 radical (unpaired) electrons. The maximum Gasteiger partial charge on any atom is 0.279 e. The van der Waals surface area contributed by atoms with Crippen molar-refractivity contribution in [2.45, 2.75) is 6.54 Å². The van der Waals surface area contributed by atoms with Gasteiger partial charge >= 0.3 is 0 Å². The van der Waals surface area contributed by atoms with E-state index in [1.807, 2.05) is 31.3 Å². The van der Waals surface area contributed by atoms with Gasteiger partial charge in [-0.15, -0.1) is 0 Å². The van der Waals surface area contributed by atoms with E-state index in [-0.39, 0.29) is 5.91 Å². The summed E-state index contributed by atoms with van der Waals surface area (Å²) in [4.78, 5) is 13.1. The summed E-state index contributed by atoms with van der Waals surface area (Å²) in [7, 11) is 1.97.